The first-order valence-electron chi connectivity index (χ1n) is 12.9. The van der Waals surface area contributed by atoms with E-state index in [0.717, 1.165) is 15.1 Å². The Hall–Kier alpha value is -5.27. The number of benzene rings is 6. The number of carbonyl (C=O) groups excluding carboxylic acids is 2. The van der Waals surface area contributed by atoms with Crippen LogP contribution in [0.4, 0.5) is 5.69 Å². The molecule has 6 aromatic carbocycles. The number of esters is 1. The summed E-state index contributed by atoms with van der Waals surface area (Å²) >= 11 is 0. The Kier molecular flexibility index (Phi) is 6.79. The highest BCUT2D eigenvalue weighted by Gasteiger charge is 2.33. The SMILES string of the molecule is O=C(Oc1ccc(N(C(=O)c2ccccc2)S(=O)(=O)c2ccc3ccccc3c2)c2ccccc12)c1ccccc1. The number of rotatable bonds is 6. The van der Waals surface area contributed by atoms with Crippen LogP contribution < -0.4 is 9.04 Å². The largest absolute Gasteiger partial charge is 0.422 e. The van der Waals surface area contributed by atoms with Gasteiger partial charge < -0.3 is 4.74 Å². The molecular formula is C34H23NO5S. The molecule has 0 aliphatic rings. The third-order valence-corrected chi connectivity index (χ3v) is 8.45. The summed E-state index contributed by atoms with van der Waals surface area (Å²) in [7, 11) is -4.39. The van der Waals surface area contributed by atoms with Crippen LogP contribution >= 0.6 is 0 Å². The molecular weight excluding hydrogens is 534 g/mol. The van der Waals surface area contributed by atoms with E-state index in [4.69, 9.17) is 4.74 Å². The molecule has 0 aromatic heterocycles. The Morgan fingerprint density at radius 1 is 0.561 bits per heavy atom. The molecule has 0 spiro atoms. The monoisotopic (exact) mass is 557 g/mol. The summed E-state index contributed by atoms with van der Waals surface area (Å²) in [6.45, 7) is 0. The van der Waals surface area contributed by atoms with Crippen molar-refractivity contribution in [1.82, 2.24) is 0 Å². The summed E-state index contributed by atoms with van der Waals surface area (Å²) in [5, 5.41) is 2.52. The second-order valence-electron chi connectivity index (χ2n) is 9.33. The maximum Gasteiger partial charge on any atom is 0.343 e. The van der Waals surface area contributed by atoms with Gasteiger partial charge in [-0.1, -0.05) is 91.0 Å². The Bertz CT molecular complexity index is 2020. The summed E-state index contributed by atoms with van der Waals surface area (Å²) in [5.41, 5.74) is 0.725. The molecule has 0 atom stereocenters. The molecule has 0 unspecified atom stereocenters. The molecule has 0 radical (unpaired) electrons. The molecule has 41 heavy (non-hydrogen) atoms. The fourth-order valence-corrected chi connectivity index (χ4v) is 6.20. The third-order valence-electron chi connectivity index (χ3n) is 6.76. The number of hydrogen-bond acceptors (Lipinski definition) is 5. The van der Waals surface area contributed by atoms with Gasteiger partial charge in [0, 0.05) is 16.3 Å². The van der Waals surface area contributed by atoms with Crippen LogP contribution in [0.2, 0.25) is 0 Å². The van der Waals surface area contributed by atoms with E-state index in [1.54, 1.807) is 97.1 Å². The van der Waals surface area contributed by atoms with Gasteiger partial charge in [0.25, 0.3) is 15.9 Å². The zero-order valence-corrected chi connectivity index (χ0v) is 22.5. The molecule has 0 saturated heterocycles. The summed E-state index contributed by atoms with van der Waals surface area (Å²) in [6.07, 6.45) is 0. The van der Waals surface area contributed by atoms with Gasteiger partial charge in [-0.2, -0.15) is 4.31 Å². The van der Waals surface area contributed by atoms with Gasteiger partial charge in [0.1, 0.15) is 5.75 Å². The molecule has 1 amide bonds. The molecule has 0 bridgehead atoms. The van der Waals surface area contributed by atoms with Crippen molar-refractivity contribution < 1.29 is 22.7 Å². The first-order chi connectivity index (χ1) is 19.9. The van der Waals surface area contributed by atoms with Gasteiger partial charge in [0.2, 0.25) is 0 Å². The molecule has 0 aliphatic carbocycles. The summed E-state index contributed by atoms with van der Waals surface area (Å²) in [5.74, 6) is -1.02. The highest BCUT2D eigenvalue weighted by atomic mass is 32.2. The molecule has 6 aromatic rings. The van der Waals surface area contributed by atoms with Crippen molar-refractivity contribution >= 4 is 49.1 Å². The molecule has 6 nitrogen and oxygen atoms in total. The Balaban J connectivity index is 1.52. The smallest absolute Gasteiger partial charge is 0.343 e. The number of sulfonamides is 1. The van der Waals surface area contributed by atoms with Crippen LogP contribution in [-0.4, -0.2) is 20.3 Å². The minimum Gasteiger partial charge on any atom is -0.422 e. The Morgan fingerprint density at radius 3 is 1.85 bits per heavy atom. The highest BCUT2D eigenvalue weighted by Crippen LogP contribution is 2.38. The van der Waals surface area contributed by atoms with E-state index in [2.05, 4.69) is 0 Å². The van der Waals surface area contributed by atoms with E-state index in [1.165, 1.54) is 18.2 Å². The third kappa shape index (κ3) is 4.95. The molecule has 200 valence electrons. The molecule has 0 heterocycles. The lowest BCUT2D eigenvalue weighted by atomic mass is 10.1. The maximum atomic E-state index is 14.3. The number of nitrogens with zero attached hydrogens (tertiary/aromatic N) is 1. The van der Waals surface area contributed by atoms with Crippen LogP contribution in [0.25, 0.3) is 21.5 Å². The average molecular weight is 558 g/mol. The van der Waals surface area contributed by atoms with Crippen LogP contribution in [-0.2, 0) is 10.0 Å². The fraction of sp³-hybridized carbons (Fsp3) is 0. The van der Waals surface area contributed by atoms with Crippen LogP contribution in [0.5, 0.6) is 5.75 Å². The quantitative estimate of drug-likeness (QED) is 0.159. The van der Waals surface area contributed by atoms with Gasteiger partial charge in [-0.05, 0) is 59.3 Å². The molecule has 0 aliphatic heterocycles. The van der Waals surface area contributed by atoms with E-state index < -0.39 is 21.9 Å². The average Bonchev–Trinajstić information content (AvgIpc) is 3.02. The Labute approximate surface area is 237 Å². The summed E-state index contributed by atoms with van der Waals surface area (Å²) in [4.78, 5) is 26.8. The van der Waals surface area contributed by atoms with Crippen LogP contribution in [0, 0.1) is 0 Å². The highest BCUT2D eigenvalue weighted by molar-refractivity contribution is 7.93. The second kappa shape index (κ2) is 10.7. The topological polar surface area (TPSA) is 80.8 Å². The van der Waals surface area contributed by atoms with Crippen molar-refractivity contribution in [3.05, 3.63) is 151 Å². The van der Waals surface area contributed by atoms with Gasteiger partial charge >= 0.3 is 5.97 Å². The lowest BCUT2D eigenvalue weighted by Crippen LogP contribution is -2.37. The van der Waals surface area contributed by atoms with Gasteiger partial charge in [0.15, 0.2) is 0 Å². The normalized spacial score (nSPS) is 11.3. The van der Waals surface area contributed by atoms with Crippen molar-refractivity contribution in [2.45, 2.75) is 4.90 Å². The van der Waals surface area contributed by atoms with Crippen LogP contribution in [0.15, 0.2) is 144 Å². The van der Waals surface area contributed by atoms with Gasteiger partial charge in [-0.15, -0.1) is 0 Å². The molecule has 7 heteroatoms. The molecule has 6 rings (SSSR count). The van der Waals surface area contributed by atoms with Crippen molar-refractivity contribution in [2.24, 2.45) is 0 Å². The lowest BCUT2D eigenvalue weighted by Gasteiger charge is -2.25. The van der Waals surface area contributed by atoms with E-state index in [0.29, 0.717) is 16.3 Å². The van der Waals surface area contributed by atoms with Gasteiger partial charge in [0.05, 0.1) is 16.1 Å². The zero-order valence-electron chi connectivity index (χ0n) is 21.7. The minimum absolute atomic E-state index is 0.0239. The number of fused-ring (bicyclic) bond motifs is 2. The number of carbonyl (C=O) groups is 2. The van der Waals surface area contributed by atoms with Gasteiger partial charge in [-0.3, -0.25) is 4.79 Å². The number of amides is 1. The first kappa shape index (κ1) is 26.0. The lowest BCUT2D eigenvalue weighted by molar-refractivity contribution is 0.0736. The van der Waals surface area contributed by atoms with Crippen molar-refractivity contribution in [3.8, 4) is 5.75 Å². The zero-order chi connectivity index (χ0) is 28.4. The first-order valence-corrected chi connectivity index (χ1v) is 14.3. The minimum atomic E-state index is -4.39. The number of hydrogen-bond donors (Lipinski definition) is 0. The number of anilines is 1. The van der Waals surface area contributed by atoms with Crippen molar-refractivity contribution in [2.75, 3.05) is 4.31 Å². The second-order valence-corrected chi connectivity index (χ2v) is 11.1. The maximum absolute atomic E-state index is 14.3. The van der Waals surface area contributed by atoms with Crippen LogP contribution in [0.3, 0.4) is 0 Å². The van der Waals surface area contributed by atoms with Crippen molar-refractivity contribution in [3.63, 3.8) is 0 Å². The fourth-order valence-electron chi connectivity index (χ4n) is 4.73. The van der Waals surface area contributed by atoms with E-state index in [1.807, 2.05) is 24.3 Å². The van der Waals surface area contributed by atoms with E-state index in [-0.39, 0.29) is 21.9 Å². The predicted molar refractivity (Wildman–Crippen MR) is 160 cm³/mol. The summed E-state index contributed by atoms with van der Waals surface area (Å²) in [6, 6.07) is 39.0. The van der Waals surface area contributed by atoms with Gasteiger partial charge in [-0.25, -0.2) is 13.2 Å². The Morgan fingerprint density at radius 2 is 1.15 bits per heavy atom. The van der Waals surface area contributed by atoms with E-state index >= 15 is 0 Å². The predicted octanol–water partition coefficient (Wildman–Crippen LogP) is 7.25. The van der Waals surface area contributed by atoms with Crippen molar-refractivity contribution in [1.29, 1.82) is 0 Å². The van der Waals surface area contributed by atoms with Crippen LogP contribution in [0.1, 0.15) is 20.7 Å². The molecule has 0 N–H and O–H groups in total. The molecule has 0 saturated carbocycles. The molecule has 0 fully saturated rings. The summed E-state index contributed by atoms with van der Waals surface area (Å²) < 4.78 is 35.2. The number of ether oxygens (including phenoxy) is 1. The van der Waals surface area contributed by atoms with E-state index in [9.17, 15) is 18.0 Å². The standard InChI is InChI=1S/C34H23NO5S/c36-33(25-12-3-1-4-13-25)35(41(38,39)28-20-19-24-11-7-8-16-27(24)23-28)31-21-22-32(30-18-10-9-17-29(30)31)40-34(37)26-14-5-2-6-15-26/h1-23H.